The Kier molecular flexibility index (Phi) is 5.52. The molecule has 1 aliphatic rings. The van der Waals surface area contributed by atoms with Crippen LogP contribution in [0.1, 0.15) is 34.8 Å². The molecule has 1 aromatic rings. The molecule has 0 saturated heterocycles. The SMILES string of the molecule is C=N/C(Cl)=C\C=C(/C)NC(=O)c1ccc2c(c1)CCC(N)C2. The molecule has 1 aromatic carbocycles. The second kappa shape index (κ2) is 7.38. The van der Waals surface area contributed by atoms with Crippen LogP contribution >= 0.6 is 11.6 Å². The van der Waals surface area contributed by atoms with Crippen molar-refractivity contribution in [2.75, 3.05) is 0 Å². The number of nitrogens with two attached hydrogens (primary N) is 1. The van der Waals surface area contributed by atoms with E-state index in [-0.39, 0.29) is 17.1 Å². The van der Waals surface area contributed by atoms with Crippen molar-refractivity contribution >= 4 is 24.2 Å². The van der Waals surface area contributed by atoms with Gasteiger partial charge in [-0.05, 0) is 68.3 Å². The van der Waals surface area contributed by atoms with Crippen molar-refractivity contribution in [1.82, 2.24) is 5.32 Å². The van der Waals surface area contributed by atoms with Crippen molar-refractivity contribution in [3.8, 4) is 0 Å². The van der Waals surface area contributed by atoms with E-state index >= 15 is 0 Å². The first-order valence-electron chi connectivity index (χ1n) is 7.19. The van der Waals surface area contributed by atoms with E-state index in [4.69, 9.17) is 17.3 Å². The number of hydrogen-bond donors (Lipinski definition) is 2. The standard InChI is InChI=1S/C17H20ClN3O/c1-11(3-8-16(18)20-2)21-17(22)14-5-4-13-10-15(19)7-6-12(13)9-14/h3-5,8-9,15H,2,6-7,10,19H2,1H3,(H,21,22)/b11-3+,16-8-. The van der Waals surface area contributed by atoms with Gasteiger partial charge in [-0.25, -0.2) is 0 Å². The molecule has 3 N–H and O–H groups in total. The molecule has 0 heterocycles. The molecule has 0 radical (unpaired) electrons. The molecule has 0 fully saturated rings. The lowest BCUT2D eigenvalue weighted by Crippen LogP contribution is -2.28. The highest BCUT2D eigenvalue weighted by Crippen LogP contribution is 2.22. The molecule has 1 atom stereocenters. The first kappa shape index (κ1) is 16.5. The predicted octanol–water partition coefficient (Wildman–Crippen LogP) is 2.92. The highest BCUT2D eigenvalue weighted by Gasteiger charge is 2.17. The van der Waals surface area contributed by atoms with Crippen LogP contribution in [0.5, 0.6) is 0 Å². The van der Waals surface area contributed by atoms with Crippen molar-refractivity contribution in [3.05, 3.63) is 57.9 Å². The van der Waals surface area contributed by atoms with Crippen LogP contribution in [0, 0.1) is 0 Å². The summed E-state index contributed by atoms with van der Waals surface area (Å²) in [6.07, 6.45) is 6.05. The number of allylic oxidation sites excluding steroid dienone is 3. The van der Waals surface area contributed by atoms with E-state index in [1.807, 2.05) is 18.2 Å². The Balaban J connectivity index is 2.09. The van der Waals surface area contributed by atoms with Crippen molar-refractivity contribution in [2.24, 2.45) is 10.7 Å². The van der Waals surface area contributed by atoms with E-state index in [9.17, 15) is 4.79 Å². The van der Waals surface area contributed by atoms with Crippen LogP contribution < -0.4 is 11.1 Å². The molecule has 1 aliphatic carbocycles. The molecular formula is C17H20ClN3O. The van der Waals surface area contributed by atoms with Crippen LogP contribution in [0.4, 0.5) is 0 Å². The Labute approximate surface area is 135 Å². The number of benzene rings is 1. The molecule has 5 heteroatoms. The second-order valence-electron chi connectivity index (χ2n) is 5.44. The van der Waals surface area contributed by atoms with Gasteiger partial charge in [-0.2, -0.15) is 0 Å². The summed E-state index contributed by atoms with van der Waals surface area (Å²) in [4.78, 5) is 15.8. The van der Waals surface area contributed by atoms with Gasteiger partial charge >= 0.3 is 0 Å². The van der Waals surface area contributed by atoms with Gasteiger partial charge in [0.15, 0.2) is 0 Å². The molecule has 0 aliphatic heterocycles. The number of hydrogen-bond acceptors (Lipinski definition) is 3. The molecule has 116 valence electrons. The van der Waals surface area contributed by atoms with Gasteiger partial charge in [0.1, 0.15) is 5.16 Å². The van der Waals surface area contributed by atoms with Gasteiger partial charge in [-0.15, -0.1) is 0 Å². The Morgan fingerprint density at radius 2 is 2.23 bits per heavy atom. The van der Waals surface area contributed by atoms with Crippen LogP contribution in [-0.4, -0.2) is 18.7 Å². The van der Waals surface area contributed by atoms with Crippen molar-refractivity contribution in [1.29, 1.82) is 0 Å². The van der Waals surface area contributed by atoms with Crippen LogP contribution in [0.2, 0.25) is 0 Å². The van der Waals surface area contributed by atoms with Crippen molar-refractivity contribution in [2.45, 2.75) is 32.2 Å². The number of rotatable bonds is 4. The average Bonchev–Trinajstić information content (AvgIpc) is 2.51. The van der Waals surface area contributed by atoms with E-state index in [2.05, 4.69) is 17.0 Å². The minimum Gasteiger partial charge on any atom is -0.327 e. The fourth-order valence-corrected chi connectivity index (χ4v) is 2.53. The van der Waals surface area contributed by atoms with Gasteiger partial charge in [-0.3, -0.25) is 9.79 Å². The fraction of sp³-hybridized carbons (Fsp3) is 0.294. The zero-order chi connectivity index (χ0) is 16.1. The van der Waals surface area contributed by atoms with Gasteiger partial charge < -0.3 is 11.1 Å². The molecule has 0 bridgehead atoms. The summed E-state index contributed by atoms with van der Waals surface area (Å²) in [5, 5.41) is 3.10. The third-order valence-corrected chi connectivity index (χ3v) is 3.91. The van der Waals surface area contributed by atoms with Gasteiger partial charge in [0.25, 0.3) is 5.91 Å². The molecule has 22 heavy (non-hydrogen) atoms. The quantitative estimate of drug-likeness (QED) is 0.509. The first-order chi connectivity index (χ1) is 10.5. The Morgan fingerprint density at radius 3 is 2.95 bits per heavy atom. The largest absolute Gasteiger partial charge is 0.327 e. The number of aryl methyl sites for hydroxylation is 1. The highest BCUT2D eigenvalue weighted by atomic mass is 35.5. The number of carbonyl (C=O) groups is 1. The molecule has 4 nitrogen and oxygen atoms in total. The summed E-state index contributed by atoms with van der Waals surface area (Å²) in [5.74, 6) is -0.137. The Bertz CT molecular complexity index is 649. The molecule has 0 aromatic heterocycles. The highest BCUT2D eigenvalue weighted by molar-refractivity contribution is 6.29. The van der Waals surface area contributed by atoms with Crippen LogP contribution in [0.15, 0.2) is 46.2 Å². The number of fused-ring (bicyclic) bond motifs is 1. The second-order valence-corrected chi connectivity index (χ2v) is 5.82. The van der Waals surface area contributed by atoms with Gasteiger partial charge in [0, 0.05) is 17.3 Å². The van der Waals surface area contributed by atoms with Crippen LogP contribution in [0.3, 0.4) is 0 Å². The average molecular weight is 318 g/mol. The van der Waals surface area contributed by atoms with Gasteiger partial charge in [-0.1, -0.05) is 17.7 Å². The Hall–Kier alpha value is -1.91. The smallest absolute Gasteiger partial charge is 0.255 e. The minimum atomic E-state index is -0.137. The molecule has 2 rings (SSSR count). The maximum Gasteiger partial charge on any atom is 0.255 e. The third-order valence-electron chi connectivity index (χ3n) is 3.67. The normalized spacial score (nSPS) is 18.6. The third kappa shape index (κ3) is 4.29. The maximum atomic E-state index is 12.3. The van der Waals surface area contributed by atoms with E-state index < -0.39 is 0 Å². The lowest BCUT2D eigenvalue weighted by Gasteiger charge is -2.21. The molecule has 0 saturated carbocycles. The zero-order valence-electron chi connectivity index (χ0n) is 12.6. The van der Waals surface area contributed by atoms with E-state index in [0.29, 0.717) is 11.3 Å². The number of carbonyl (C=O) groups excluding carboxylic acids is 1. The minimum absolute atomic E-state index is 0.137. The van der Waals surface area contributed by atoms with Crippen molar-refractivity contribution < 1.29 is 4.79 Å². The van der Waals surface area contributed by atoms with E-state index in [1.54, 1.807) is 19.1 Å². The lowest BCUT2D eigenvalue weighted by atomic mass is 9.87. The monoisotopic (exact) mass is 317 g/mol. The first-order valence-corrected chi connectivity index (χ1v) is 7.57. The number of nitrogens with one attached hydrogen (secondary N) is 1. The number of nitrogens with zero attached hydrogens (tertiary/aromatic N) is 1. The van der Waals surface area contributed by atoms with Crippen LogP contribution in [0.25, 0.3) is 0 Å². The Morgan fingerprint density at radius 1 is 1.45 bits per heavy atom. The summed E-state index contributed by atoms with van der Waals surface area (Å²) < 4.78 is 0. The molecule has 0 spiro atoms. The maximum absolute atomic E-state index is 12.3. The van der Waals surface area contributed by atoms with E-state index in [0.717, 1.165) is 19.3 Å². The van der Waals surface area contributed by atoms with Crippen LogP contribution in [-0.2, 0) is 12.8 Å². The lowest BCUT2D eigenvalue weighted by molar-refractivity contribution is 0.0966. The predicted molar refractivity (Wildman–Crippen MR) is 91.2 cm³/mol. The van der Waals surface area contributed by atoms with Gasteiger partial charge in [0.05, 0.1) is 0 Å². The van der Waals surface area contributed by atoms with Crippen molar-refractivity contribution in [3.63, 3.8) is 0 Å². The number of aliphatic imine (C=N–C) groups is 1. The number of halogens is 1. The van der Waals surface area contributed by atoms with E-state index in [1.165, 1.54) is 11.1 Å². The summed E-state index contributed by atoms with van der Waals surface area (Å²) in [5.41, 5.74) is 9.77. The summed E-state index contributed by atoms with van der Waals surface area (Å²) >= 11 is 5.72. The molecular weight excluding hydrogens is 298 g/mol. The number of amides is 1. The topological polar surface area (TPSA) is 67.5 Å². The summed E-state index contributed by atoms with van der Waals surface area (Å²) in [6.45, 7) is 5.11. The molecule has 1 unspecified atom stereocenters. The van der Waals surface area contributed by atoms with Gasteiger partial charge in [0.2, 0.25) is 0 Å². The fourth-order valence-electron chi connectivity index (χ4n) is 2.46. The zero-order valence-corrected chi connectivity index (χ0v) is 13.4. The summed E-state index contributed by atoms with van der Waals surface area (Å²) in [7, 11) is 0. The summed E-state index contributed by atoms with van der Waals surface area (Å²) in [6, 6.07) is 6.03. The molecule has 1 amide bonds.